The van der Waals surface area contributed by atoms with Crippen molar-refractivity contribution in [1.29, 1.82) is 0 Å². The Kier molecular flexibility index (Phi) is 8.07. The second kappa shape index (κ2) is 12.3. The molecular formula is C35H31NO8. The molecule has 4 aliphatic rings. The van der Waals surface area contributed by atoms with Crippen LogP contribution in [0.2, 0.25) is 0 Å². The molecule has 1 amide bonds. The molecule has 6 rings (SSSR count). The van der Waals surface area contributed by atoms with Gasteiger partial charge in [-0.15, -0.1) is 11.8 Å². The van der Waals surface area contributed by atoms with Gasteiger partial charge in [0.25, 0.3) is 5.91 Å². The van der Waals surface area contributed by atoms with Gasteiger partial charge in [-0.2, -0.15) is 0 Å². The highest BCUT2D eigenvalue weighted by Crippen LogP contribution is 2.52. The van der Waals surface area contributed by atoms with Crippen molar-refractivity contribution in [2.75, 3.05) is 13.2 Å². The maximum absolute atomic E-state index is 12.9. The summed E-state index contributed by atoms with van der Waals surface area (Å²) in [6.45, 7) is 0.657. The van der Waals surface area contributed by atoms with Crippen LogP contribution >= 0.6 is 0 Å². The lowest BCUT2D eigenvalue weighted by atomic mass is 9.90. The zero-order valence-corrected chi connectivity index (χ0v) is 23.9. The number of nitrogens with one attached hydrogen (secondary N) is 1. The van der Waals surface area contributed by atoms with Crippen molar-refractivity contribution >= 4 is 28.8 Å². The standard InChI is InChI=1S/C35H31NO8/c37-21-10-13-26-30(17-21)44-31-18-22(38)11-14-27(31)33(26)25-12-9-20(16-28(25)35(41)42)34(40)36-15-5-8-32(39)43-19-29-23-6-3-1-2-4-7-24(23)29/h9-14,16-18,23-24,29,37H,3-8,15,19H2,(H,36,40)(H,41,42)/t23-,24+,29?. The minimum Gasteiger partial charge on any atom is -0.508 e. The van der Waals surface area contributed by atoms with Crippen LogP contribution < -0.4 is 10.7 Å². The number of carboxylic acids is 1. The van der Waals surface area contributed by atoms with Gasteiger partial charge in [-0.3, -0.25) is 14.4 Å². The molecule has 9 heteroatoms. The molecule has 2 aromatic rings. The van der Waals surface area contributed by atoms with Crippen LogP contribution in [0.3, 0.4) is 0 Å². The third kappa shape index (κ3) is 6.02. The Morgan fingerprint density at radius 2 is 1.70 bits per heavy atom. The summed E-state index contributed by atoms with van der Waals surface area (Å²) in [7, 11) is 0. The number of hydrogen-bond acceptors (Lipinski definition) is 7. The fourth-order valence-electron chi connectivity index (χ4n) is 6.31. The molecular weight excluding hydrogens is 562 g/mol. The van der Waals surface area contributed by atoms with Gasteiger partial charge in [-0.1, -0.05) is 6.07 Å². The number of fused-ring (bicyclic) bond motifs is 3. The Morgan fingerprint density at radius 1 is 0.955 bits per heavy atom. The summed E-state index contributed by atoms with van der Waals surface area (Å²) in [5.41, 5.74) is 1.34. The molecule has 1 unspecified atom stereocenters. The molecule has 3 aliphatic carbocycles. The van der Waals surface area contributed by atoms with Crippen molar-refractivity contribution in [3.05, 3.63) is 75.9 Å². The number of phenolic OH excluding ortho intramolecular Hbond substituents is 1. The Hall–Kier alpha value is -5.10. The molecule has 0 bridgehead atoms. The second-order valence-corrected chi connectivity index (χ2v) is 11.3. The number of carboxylic acid groups (broad SMARTS) is 1. The molecule has 3 N–H and O–H groups in total. The van der Waals surface area contributed by atoms with Gasteiger partial charge in [-0.05, 0) is 79.0 Å². The minimum atomic E-state index is -1.24. The number of esters is 1. The van der Waals surface area contributed by atoms with E-state index in [-0.39, 0.29) is 52.6 Å². The maximum atomic E-state index is 12.9. The summed E-state index contributed by atoms with van der Waals surface area (Å²) < 4.78 is 11.4. The summed E-state index contributed by atoms with van der Waals surface area (Å²) in [6.07, 6.45) is 4.51. The summed E-state index contributed by atoms with van der Waals surface area (Å²) >= 11 is 0. The highest BCUT2D eigenvalue weighted by Gasteiger charge is 2.49. The largest absolute Gasteiger partial charge is 0.508 e. The number of carbonyl (C=O) groups excluding carboxylic acids is 2. The Morgan fingerprint density at radius 3 is 2.45 bits per heavy atom. The summed E-state index contributed by atoms with van der Waals surface area (Å²) in [4.78, 5) is 49.7. The highest BCUT2D eigenvalue weighted by atomic mass is 16.5. The molecule has 0 aromatic heterocycles. The molecule has 3 atom stereocenters. The number of amides is 1. The van der Waals surface area contributed by atoms with E-state index in [0.29, 0.717) is 52.9 Å². The molecule has 0 radical (unpaired) electrons. The van der Waals surface area contributed by atoms with Crippen molar-refractivity contribution in [1.82, 2.24) is 5.32 Å². The van der Waals surface area contributed by atoms with Gasteiger partial charge in [0.15, 0.2) is 5.43 Å². The normalized spacial score (nSPS) is 18.8. The monoisotopic (exact) mass is 593 g/mol. The number of benzene rings is 3. The van der Waals surface area contributed by atoms with Gasteiger partial charge < -0.3 is 24.7 Å². The van der Waals surface area contributed by atoms with E-state index in [2.05, 4.69) is 17.2 Å². The van der Waals surface area contributed by atoms with Gasteiger partial charge in [-0.25, -0.2) is 4.79 Å². The predicted octanol–water partition coefficient (Wildman–Crippen LogP) is 5.46. The zero-order chi connectivity index (χ0) is 30.8. The molecule has 0 spiro atoms. The number of ether oxygens (including phenoxy) is 1. The smallest absolute Gasteiger partial charge is 0.336 e. The van der Waals surface area contributed by atoms with E-state index in [1.807, 2.05) is 0 Å². The number of phenols is 1. The number of aromatic hydroxyl groups is 1. The van der Waals surface area contributed by atoms with E-state index in [0.717, 1.165) is 25.7 Å². The van der Waals surface area contributed by atoms with E-state index >= 15 is 0 Å². The van der Waals surface area contributed by atoms with Crippen molar-refractivity contribution < 1.29 is 33.8 Å². The Bertz CT molecular complexity index is 1840. The topological polar surface area (TPSA) is 143 Å². The van der Waals surface area contributed by atoms with Crippen LogP contribution in [0.1, 0.15) is 59.2 Å². The van der Waals surface area contributed by atoms with Crippen molar-refractivity contribution in [3.63, 3.8) is 0 Å². The number of aromatic carboxylic acids is 1. The number of rotatable bonds is 9. The van der Waals surface area contributed by atoms with Crippen molar-refractivity contribution in [2.24, 2.45) is 17.8 Å². The van der Waals surface area contributed by atoms with Crippen LogP contribution in [0.4, 0.5) is 0 Å². The first-order chi connectivity index (χ1) is 21.3. The van der Waals surface area contributed by atoms with Gasteiger partial charge >= 0.3 is 11.9 Å². The lowest BCUT2D eigenvalue weighted by Crippen LogP contribution is -2.25. The predicted molar refractivity (Wildman–Crippen MR) is 162 cm³/mol. The number of carbonyl (C=O) groups is 3. The molecule has 0 saturated heterocycles. The van der Waals surface area contributed by atoms with E-state index in [1.54, 1.807) is 18.2 Å². The lowest BCUT2D eigenvalue weighted by Gasteiger charge is -2.17. The van der Waals surface area contributed by atoms with Crippen LogP contribution in [-0.4, -0.2) is 41.2 Å². The van der Waals surface area contributed by atoms with Crippen molar-refractivity contribution in [3.8, 4) is 40.0 Å². The van der Waals surface area contributed by atoms with Crippen LogP contribution in [-0.2, 0) is 9.53 Å². The van der Waals surface area contributed by atoms with Crippen molar-refractivity contribution in [2.45, 2.75) is 38.5 Å². The number of hydrogen-bond donors (Lipinski definition) is 3. The first kappa shape index (κ1) is 29.0. The SMILES string of the molecule is O=C(CCCNC(=O)c1ccc(-c2c3ccc(=O)cc-3oc3cc(O)ccc23)c(C(=O)O)c1)OCC1[C@H]2CCC#CCC[C@@H]12. The van der Waals surface area contributed by atoms with Crippen LogP contribution in [0.5, 0.6) is 5.75 Å². The molecule has 44 heavy (non-hydrogen) atoms. The van der Waals surface area contributed by atoms with E-state index in [1.165, 1.54) is 36.4 Å². The lowest BCUT2D eigenvalue weighted by molar-refractivity contribution is -0.144. The summed E-state index contributed by atoms with van der Waals surface area (Å²) in [5, 5.41) is 23.4. The van der Waals surface area contributed by atoms with Gasteiger partial charge in [0, 0.05) is 60.0 Å². The van der Waals surface area contributed by atoms with Crippen LogP contribution in [0.25, 0.3) is 33.4 Å². The maximum Gasteiger partial charge on any atom is 0.336 e. The molecule has 9 nitrogen and oxygen atoms in total. The van der Waals surface area contributed by atoms with Gasteiger partial charge in [0.1, 0.15) is 17.1 Å². The molecule has 2 aromatic carbocycles. The highest BCUT2D eigenvalue weighted by molar-refractivity contribution is 6.09. The zero-order valence-electron chi connectivity index (χ0n) is 23.9. The minimum absolute atomic E-state index is 0.0505. The van der Waals surface area contributed by atoms with Gasteiger partial charge in [0.05, 0.1) is 12.2 Å². The average Bonchev–Trinajstić information content (AvgIpc) is 3.64. The average molecular weight is 594 g/mol. The fraction of sp³-hybridized carbons (Fsp3) is 0.314. The molecule has 1 fully saturated rings. The van der Waals surface area contributed by atoms with Gasteiger partial charge in [0.2, 0.25) is 0 Å². The molecule has 224 valence electrons. The first-order valence-electron chi connectivity index (χ1n) is 14.8. The van der Waals surface area contributed by atoms with Crippen LogP contribution in [0.15, 0.2) is 63.8 Å². The van der Waals surface area contributed by atoms with E-state index in [9.17, 15) is 29.4 Å². The third-order valence-corrected chi connectivity index (χ3v) is 8.58. The Balaban J connectivity index is 1.12. The Labute approximate surface area is 253 Å². The molecule has 1 saturated carbocycles. The second-order valence-electron chi connectivity index (χ2n) is 11.3. The first-order valence-corrected chi connectivity index (χ1v) is 14.8. The summed E-state index contributed by atoms with van der Waals surface area (Å²) in [5.74, 6) is 6.16. The summed E-state index contributed by atoms with van der Waals surface area (Å²) in [6, 6.07) is 13.1. The van der Waals surface area contributed by atoms with Crippen LogP contribution in [0, 0.1) is 29.6 Å². The van der Waals surface area contributed by atoms with E-state index < -0.39 is 11.9 Å². The molecule has 1 aliphatic heterocycles. The quantitative estimate of drug-likeness (QED) is 0.100. The molecule has 1 heterocycles. The fourth-order valence-corrected chi connectivity index (χ4v) is 6.31. The third-order valence-electron chi connectivity index (χ3n) is 8.58. The van der Waals surface area contributed by atoms with E-state index in [4.69, 9.17) is 9.15 Å².